The van der Waals surface area contributed by atoms with E-state index in [2.05, 4.69) is 107 Å². The van der Waals surface area contributed by atoms with Gasteiger partial charge in [0, 0.05) is 34.5 Å². The predicted octanol–water partition coefficient (Wildman–Crippen LogP) is 12.3. The van der Waals surface area contributed by atoms with Crippen molar-refractivity contribution in [3.8, 4) is 11.5 Å². The summed E-state index contributed by atoms with van der Waals surface area (Å²) in [5.74, 6) is -2.00. The Labute approximate surface area is 750 Å². The van der Waals surface area contributed by atoms with E-state index in [9.17, 15) is 77.9 Å². The number of hydrogen-bond acceptors (Lipinski definition) is 21. The van der Waals surface area contributed by atoms with Gasteiger partial charge in [0.15, 0.2) is 51.7 Å². The van der Waals surface area contributed by atoms with Crippen LogP contribution in [0.1, 0.15) is 154 Å². The summed E-state index contributed by atoms with van der Waals surface area (Å²) in [7, 11) is -12.5. The largest absolute Gasteiger partial charge is 1.00 e. The van der Waals surface area contributed by atoms with E-state index in [0.29, 0.717) is 75.7 Å². The Bertz CT molecular complexity index is 4610. The molecule has 122 heavy (non-hydrogen) atoms. The molecule has 2 heterocycles. The third-order valence-electron chi connectivity index (χ3n) is 27.9. The molecule has 16 saturated carbocycles. The second kappa shape index (κ2) is 35.2. The van der Waals surface area contributed by atoms with Crippen LogP contribution in [0.15, 0.2) is 199 Å². The Morgan fingerprint density at radius 3 is 0.959 bits per heavy atom. The van der Waals surface area contributed by atoms with Crippen molar-refractivity contribution >= 4 is 102 Å². The number of benzene rings is 6. The van der Waals surface area contributed by atoms with Crippen LogP contribution in [-0.4, -0.2) is 131 Å². The molecule has 16 aliphatic carbocycles. The summed E-state index contributed by atoms with van der Waals surface area (Å²) in [6.45, 7) is -0.738. The summed E-state index contributed by atoms with van der Waals surface area (Å²) in [5, 5.41) is 10.9. The fourth-order valence-electron chi connectivity index (χ4n) is 24.6. The molecule has 16 bridgehead atoms. The number of alkyl halides is 4. The molecule has 0 aromatic heterocycles. The van der Waals surface area contributed by atoms with Gasteiger partial charge in [-0.15, -0.1) is 24.0 Å². The quantitative estimate of drug-likeness (QED) is 0.00934. The van der Waals surface area contributed by atoms with Gasteiger partial charge in [0.25, 0.3) is 0 Å². The van der Waals surface area contributed by atoms with Crippen molar-refractivity contribution < 1.29 is 150 Å². The maximum Gasteiger partial charge on any atom is 1.00 e. The molecule has 18 fully saturated rings. The topological polar surface area (TPSA) is 328 Å². The van der Waals surface area contributed by atoms with Gasteiger partial charge in [0.1, 0.15) is 11.5 Å². The average molecular weight is 1890 g/mol. The van der Waals surface area contributed by atoms with Crippen LogP contribution >= 0.6 is 24.0 Å². The number of ether oxygens (including phenoxy) is 8. The molecule has 22 nitrogen and oxygen atoms in total. The second-order valence-corrected chi connectivity index (χ2v) is 43.7. The number of carbonyl (C=O) groups is 6. The van der Waals surface area contributed by atoms with E-state index in [1.165, 1.54) is 32.4 Å². The fraction of sp³-hybridized carbons (Fsp3) is 0.533. The van der Waals surface area contributed by atoms with Crippen LogP contribution < -0.4 is 39.0 Å². The van der Waals surface area contributed by atoms with Gasteiger partial charge in [-0.2, -0.15) is 26.0 Å². The molecule has 18 aliphatic rings. The minimum absolute atomic E-state index is 0. The van der Waals surface area contributed by atoms with Crippen LogP contribution in [0.3, 0.4) is 0 Å². The molecular formula is C90H98F4INaO22S4+2. The maximum absolute atomic E-state index is 13.2. The van der Waals surface area contributed by atoms with E-state index in [4.69, 9.17) is 33.0 Å². The van der Waals surface area contributed by atoms with E-state index in [-0.39, 0.29) is 149 Å². The molecule has 2 aliphatic heterocycles. The molecule has 2 saturated heterocycles. The van der Waals surface area contributed by atoms with Crippen molar-refractivity contribution in [2.75, 3.05) is 13.2 Å². The van der Waals surface area contributed by atoms with Gasteiger partial charge in [0.2, 0.25) is 11.6 Å². The maximum atomic E-state index is 13.2. The first-order valence-corrected chi connectivity index (χ1v) is 46.9. The number of rotatable bonds is 20. The molecule has 2 spiro atoms. The Balaban J connectivity index is 0.000000130. The molecule has 648 valence electrons. The fourth-order valence-corrected chi connectivity index (χ4v) is 29.3. The first-order valence-electron chi connectivity index (χ1n) is 41.6. The Kier molecular flexibility index (Phi) is 26.2. The standard InChI is InChI=1S/2C32H31O5S.2C13H18F2O6S.HI.Na/c2*33-30(20-29-31(34)37-32(36-29)23-16-21-15-22(18-23)19-24(32)17-21)35-25-11-13-28(14-12-25)38(26-7-3-1-4-8-26)27-9-5-2-6-10-27;2*14-13(15,22(18,19)20)10(16)21-7-11-2-8-1-9(3-11)5-12(17,4-8)6-11;;/h2*1-14,21-24,29H,15-20H2;2*8-9,17H,1-7H2,(H,18,19,20);1H;/q2*+1;;;;+1/p-1. The van der Waals surface area contributed by atoms with Gasteiger partial charge < -0.3 is 52.7 Å². The number of hydrogen-bond donors (Lipinski definition) is 3. The zero-order valence-corrected chi connectivity index (χ0v) is 74.9. The second-order valence-electron chi connectivity index (χ2n) is 36.8. The van der Waals surface area contributed by atoms with Gasteiger partial charge >= 0.3 is 86.0 Å². The zero-order valence-electron chi connectivity index (χ0n) is 67.3. The third kappa shape index (κ3) is 18.5. The van der Waals surface area contributed by atoms with Crippen LogP contribution in [0.25, 0.3) is 0 Å². The first kappa shape index (κ1) is 90.7. The monoisotopic (exact) mass is 1880 g/mol. The third-order valence-corrected chi connectivity index (χ3v) is 34.0. The SMILES string of the molecule is I.O=C(CC1OC2(OC1=O)C1CC3CC(C1)CC2C3)Oc1ccc([S+](c2ccccc2)c2ccccc2)cc1.O=C(CC1OC2(OC1=O)C1CC3CC(C1)CC2C3)Oc1ccc([S+](c2ccccc2)c2ccccc2)cc1.O=C(OCC12CC3CC(CC(O)(C3)C1)C2)C(F)(F)S(=O)(=O)O.O=C(OCC12CC3CC(CC(O)(C3)C1)C2)C(F)(F)S(=O)(=O)[O-].[Na+]. The van der Waals surface area contributed by atoms with Crippen molar-refractivity contribution in [2.24, 2.45) is 81.8 Å². The van der Waals surface area contributed by atoms with E-state index in [0.717, 1.165) is 97.7 Å². The Morgan fingerprint density at radius 2 is 0.689 bits per heavy atom. The van der Waals surface area contributed by atoms with Crippen molar-refractivity contribution in [1.82, 2.24) is 0 Å². The molecular weight excluding hydrogens is 1790 g/mol. The minimum Gasteiger partial charge on any atom is -0.743 e. The minimum atomic E-state index is -6.10. The molecule has 0 amide bonds. The summed E-state index contributed by atoms with van der Waals surface area (Å²) in [4.78, 5) is 81.0. The number of carbonyl (C=O) groups excluding carboxylic acids is 6. The number of aliphatic hydroxyl groups is 2. The summed E-state index contributed by atoms with van der Waals surface area (Å²) >= 11 is 0. The summed E-state index contributed by atoms with van der Waals surface area (Å²) in [6, 6.07) is 57.0. The van der Waals surface area contributed by atoms with E-state index in [1.54, 1.807) is 0 Å². The van der Waals surface area contributed by atoms with Crippen LogP contribution in [0, 0.1) is 81.8 Å². The van der Waals surface area contributed by atoms with Gasteiger partial charge in [-0.1, -0.05) is 72.8 Å². The number of esters is 6. The first-order chi connectivity index (χ1) is 57.0. The molecule has 3 N–H and O–H groups in total. The van der Waals surface area contributed by atoms with Crippen molar-refractivity contribution in [1.29, 1.82) is 0 Å². The van der Waals surface area contributed by atoms with Crippen molar-refractivity contribution in [2.45, 2.75) is 229 Å². The smallest absolute Gasteiger partial charge is 0.743 e. The molecule has 32 heteroatoms. The van der Waals surface area contributed by atoms with Crippen LogP contribution in [0.2, 0.25) is 0 Å². The van der Waals surface area contributed by atoms with Crippen LogP contribution in [0.5, 0.6) is 11.5 Å². The van der Waals surface area contributed by atoms with Gasteiger partial charge in [0.05, 0.1) is 59.0 Å². The van der Waals surface area contributed by atoms with E-state index in [1.807, 2.05) is 72.8 Å². The average Bonchev–Trinajstić information content (AvgIpc) is 1.51. The molecule has 6 aromatic rings. The molecule has 6 atom stereocenters. The zero-order chi connectivity index (χ0) is 84.2. The Morgan fingerprint density at radius 1 is 0.418 bits per heavy atom. The normalized spacial score (nSPS) is 34.0. The van der Waals surface area contributed by atoms with Gasteiger partial charge in [-0.3, -0.25) is 14.1 Å². The molecule has 24 rings (SSSR count). The van der Waals surface area contributed by atoms with Crippen LogP contribution in [0.4, 0.5) is 17.6 Å². The van der Waals surface area contributed by atoms with Crippen molar-refractivity contribution in [3.63, 3.8) is 0 Å². The van der Waals surface area contributed by atoms with Crippen LogP contribution in [-0.2, 0) is 99.2 Å². The summed E-state index contributed by atoms with van der Waals surface area (Å²) in [5.41, 5.74) is -2.83. The van der Waals surface area contributed by atoms with Gasteiger partial charge in [-0.25, -0.2) is 27.6 Å². The molecule has 6 unspecified atom stereocenters. The summed E-state index contributed by atoms with van der Waals surface area (Å²) in [6.07, 6.45) is 17.2. The van der Waals surface area contributed by atoms with E-state index >= 15 is 0 Å². The molecule has 6 aromatic carbocycles. The van der Waals surface area contributed by atoms with Gasteiger partial charge in [-0.05, 0) is 286 Å². The van der Waals surface area contributed by atoms with E-state index < -0.39 is 112 Å². The number of halogens is 5. The van der Waals surface area contributed by atoms with Crippen molar-refractivity contribution in [3.05, 3.63) is 170 Å². The predicted molar refractivity (Wildman–Crippen MR) is 438 cm³/mol. The molecule has 0 radical (unpaired) electrons. The Hall–Kier alpha value is -6.05. The summed E-state index contributed by atoms with van der Waals surface area (Å²) < 4.78 is 158.